The van der Waals surface area contributed by atoms with Crippen LogP contribution in [0.2, 0.25) is 0 Å². The van der Waals surface area contributed by atoms with Crippen molar-refractivity contribution < 1.29 is 4.52 Å². The van der Waals surface area contributed by atoms with Gasteiger partial charge in [0.2, 0.25) is 5.89 Å². The largest absolute Gasteiger partial charge is 0.339 e. The normalized spacial score (nSPS) is 22.3. The molecule has 1 aliphatic heterocycles. The number of thioether (sulfide) groups is 1. The molecule has 1 aliphatic rings. The second-order valence-corrected chi connectivity index (χ2v) is 6.89. The zero-order valence-electron chi connectivity index (χ0n) is 11.2. The predicted octanol–water partition coefficient (Wildman–Crippen LogP) is 2.84. The van der Waals surface area contributed by atoms with Crippen LogP contribution < -0.4 is 5.32 Å². The van der Waals surface area contributed by atoms with Crippen LogP contribution in [0.1, 0.15) is 23.2 Å². The van der Waals surface area contributed by atoms with Gasteiger partial charge in [-0.15, -0.1) is 0 Å². The van der Waals surface area contributed by atoms with Crippen LogP contribution in [-0.2, 0) is 6.42 Å². The maximum Gasteiger partial charge on any atom is 0.232 e. The molecule has 0 amide bonds. The Hall–Kier alpha value is -0.850. The first-order valence-electron chi connectivity index (χ1n) is 6.58. The van der Waals surface area contributed by atoms with Gasteiger partial charge in [0.1, 0.15) is 0 Å². The Balaban J connectivity index is 1.73. The number of aromatic nitrogens is 2. The standard InChI is InChI=1S/C14H16BrN3OS/c1-16-12-8-20-7-11(12)14-17-13(18-19-14)6-9-3-2-4-10(15)5-9/h2-5,11-12,16H,6-8H2,1H3. The molecule has 0 radical (unpaired) electrons. The van der Waals surface area contributed by atoms with Crippen LogP contribution in [0.15, 0.2) is 33.3 Å². The molecule has 1 fully saturated rings. The van der Waals surface area contributed by atoms with E-state index in [2.05, 4.69) is 43.5 Å². The molecule has 6 heteroatoms. The quantitative estimate of drug-likeness (QED) is 0.915. The van der Waals surface area contributed by atoms with E-state index in [0.717, 1.165) is 27.7 Å². The summed E-state index contributed by atoms with van der Waals surface area (Å²) in [4.78, 5) is 4.57. The number of benzene rings is 1. The minimum absolute atomic E-state index is 0.328. The SMILES string of the molecule is CNC1CSCC1c1nc(Cc2cccc(Br)c2)no1. The lowest BCUT2D eigenvalue weighted by atomic mass is 10.0. The molecule has 1 N–H and O–H groups in total. The van der Waals surface area contributed by atoms with Crippen LogP contribution in [0.3, 0.4) is 0 Å². The molecule has 1 saturated heterocycles. The summed E-state index contributed by atoms with van der Waals surface area (Å²) in [5.74, 6) is 3.99. The maximum absolute atomic E-state index is 5.46. The first kappa shape index (κ1) is 14.1. The van der Waals surface area contributed by atoms with E-state index >= 15 is 0 Å². The minimum Gasteiger partial charge on any atom is -0.339 e. The molecule has 106 valence electrons. The Kier molecular flexibility index (Phi) is 4.43. The summed E-state index contributed by atoms with van der Waals surface area (Å²) in [5.41, 5.74) is 1.18. The van der Waals surface area contributed by atoms with Gasteiger partial charge in [-0.1, -0.05) is 33.2 Å². The first-order valence-corrected chi connectivity index (χ1v) is 8.53. The lowest BCUT2D eigenvalue weighted by Gasteiger charge is -2.13. The third kappa shape index (κ3) is 3.07. The monoisotopic (exact) mass is 353 g/mol. The maximum atomic E-state index is 5.46. The average Bonchev–Trinajstić information content (AvgIpc) is 3.06. The fraction of sp³-hybridized carbons (Fsp3) is 0.429. The van der Waals surface area contributed by atoms with Gasteiger partial charge >= 0.3 is 0 Å². The van der Waals surface area contributed by atoms with Gasteiger partial charge in [-0.2, -0.15) is 16.7 Å². The second-order valence-electron chi connectivity index (χ2n) is 4.89. The summed E-state index contributed by atoms with van der Waals surface area (Å²) < 4.78 is 6.53. The van der Waals surface area contributed by atoms with Crippen molar-refractivity contribution in [2.75, 3.05) is 18.6 Å². The number of rotatable bonds is 4. The average molecular weight is 354 g/mol. The van der Waals surface area contributed by atoms with E-state index in [-0.39, 0.29) is 0 Å². The molecule has 0 saturated carbocycles. The van der Waals surface area contributed by atoms with E-state index in [1.165, 1.54) is 5.56 Å². The van der Waals surface area contributed by atoms with Gasteiger partial charge in [-0.3, -0.25) is 0 Å². The molecule has 2 aromatic rings. The van der Waals surface area contributed by atoms with Crippen molar-refractivity contribution >= 4 is 27.7 Å². The molecule has 0 aliphatic carbocycles. The van der Waals surface area contributed by atoms with Crippen LogP contribution in [0, 0.1) is 0 Å². The number of hydrogen-bond donors (Lipinski definition) is 1. The molecular weight excluding hydrogens is 338 g/mol. The number of halogens is 1. The molecule has 2 heterocycles. The van der Waals surface area contributed by atoms with E-state index in [1.807, 2.05) is 30.9 Å². The highest BCUT2D eigenvalue weighted by Crippen LogP contribution is 2.31. The zero-order valence-corrected chi connectivity index (χ0v) is 13.6. The van der Waals surface area contributed by atoms with E-state index in [1.54, 1.807) is 0 Å². The number of nitrogens with zero attached hydrogens (tertiary/aromatic N) is 2. The van der Waals surface area contributed by atoms with Crippen molar-refractivity contribution in [2.45, 2.75) is 18.4 Å². The third-order valence-electron chi connectivity index (χ3n) is 3.50. The van der Waals surface area contributed by atoms with E-state index in [0.29, 0.717) is 18.4 Å². The van der Waals surface area contributed by atoms with Crippen LogP contribution in [0.25, 0.3) is 0 Å². The highest BCUT2D eigenvalue weighted by molar-refractivity contribution is 9.10. The first-order chi connectivity index (χ1) is 9.76. The van der Waals surface area contributed by atoms with Gasteiger partial charge in [-0.25, -0.2) is 0 Å². The lowest BCUT2D eigenvalue weighted by Crippen LogP contribution is -2.31. The molecule has 20 heavy (non-hydrogen) atoms. The Morgan fingerprint density at radius 2 is 2.35 bits per heavy atom. The van der Waals surface area contributed by atoms with Crippen molar-refractivity contribution in [1.29, 1.82) is 0 Å². The fourth-order valence-electron chi connectivity index (χ4n) is 2.40. The molecular formula is C14H16BrN3OS. The Bertz CT molecular complexity index is 589. The Labute approximate surface area is 130 Å². The molecule has 3 rings (SSSR count). The van der Waals surface area contributed by atoms with Crippen molar-refractivity contribution in [2.24, 2.45) is 0 Å². The fourth-order valence-corrected chi connectivity index (χ4v) is 4.27. The van der Waals surface area contributed by atoms with Crippen LogP contribution >= 0.6 is 27.7 Å². The van der Waals surface area contributed by atoms with Crippen molar-refractivity contribution in [3.05, 3.63) is 46.0 Å². The molecule has 2 atom stereocenters. The van der Waals surface area contributed by atoms with Gasteiger partial charge in [0.15, 0.2) is 5.82 Å². The van der Waals surface area contributed by atoms with E-state index in [9.17, 15) is 0 Å². The van der Waals surface area contributed by atoms with Crippen molar-refractivity contribution in [1.82, 2.24) is 15.5 Å². The van der Waals surface area contributed by atoms with Crippen molar-refractivity contribution in [3.8, 4) is 0 Å². The van der Waals surface area contributed by atoms with Gasteiger partial charge in [0, 0.05) is 28.4 Å². The highest BCUT2D eigenvalue weighted by atomic mass is 79.9. The lowest BCUT2D eigenvalue weighted by molar-refractivity contribution is 0.341. The molecule has 0 bridgehead atoms. The number of hydrogen-bond acceptors (Lipinski definition) is 5. The summed E-state index contributed by atoms with van der Waals surface area (Å²) in [6.45, 7) is 0. The van der Waals surface area contributed by atoms with Crippen molar-refractivity contribution in [3.63, 3.8) is 0 Å². The Morgan fingerprint density at radius 3 is 3.15 bits per heavy atom. The van der Waals surface area contributed by atoms with Gasteiger partial charge in [-0.05, 0) is 24.7 Å². The predicted molar refractivity (Wildman–Crippen MR) is 84.2 cm³/mol. The van der Waals surface area contributed by atoms with Crippen LogP contribution in [-0.4, -0.2) is 34.7 Å². The summed E-state index contributed by atoms with van der Waals surface area (Å²) in [5, 5.41) is 7.44. The highest BCUT2D eigenvalue weighted by Gasteiger charge is 2.32. The van der Waals surface area contributed by atoms with E-state index < -0.39 is 0 Å². The number of likely N-dealkylation sites (N-methyl/N-ethyl adjacent to an activating group) is 1. The molecule has 1 aromatic heterocycles. The van der Waals surface area contributed by atoms with Crippen LogP contribution in [0.4, 0.5) is 0 Å². The zero-order chi connectivity index (χ0) is 13.9. The minimum atomic E-state index is 0.328. The molecule has 2 unspecified atom stereocenters. The summed E-state index contributed by atoms with van der Waals surface area (Å²) in [6.07, 6.45) is 0.701. The van der Waals surface area contributed by atoms with Gasteiger partial charge < -0.3 is 9.84 Å². The van der Waals surface area contributed by atoms with Gasteiger partial charge in [0.05, 0.1) is 5.92 Å². The summed E-state index contributed by atoms with van der Waals surface area (Å²) in [6, 6.07) is 8.61. The smallest absolute Gasteiger partial charge is 0.232 e. The topological polar surface area (TPSA) is 51.0 Å². The van der Waals surface area contributed by atoms with E-state index in [4.69, 9.17) is 4.52 Å². The Morgan fingerprint density at radius 1 is 1.45 bits per heavy atom. The third-order valence-corrected chi connectivity index (χ3v) is 5.19. The molecule has 1 aromatic carbocycles. The van der Waals surface area contributed by atoms with Crippen LogP contribution in [0.5, 0.6) is 0 Å². The molecule has 0 spiro atoms. The molecule has 4 nitrogen and oxygen atoms in total. The van der Waals surface area contributed by atoms with Gasteiger partial charge in [0.25, 0.3) is 0 Å². The summed E-state index contributed by atoms with van der Waals surface area (Å²) in [7, 11) is 1.99. The second kappa shape index (κ2) is 6.28. The summed E-state index contributed by atoms with van der Waals surface area (Å²) >= 11 is 5.40. The number of nitrogens with one attached hydrogen (secondary N) is 1.